The summed E-state index contributed by atoms with van der Waals surface area (Å²) in [6, 6.07) is -0.616. The standard InChI is InChI=1S/C8H16N2O2/c1-2-3-4-5-10-7(6-9)8(11)12/h2-3,7,10H,4-6,9H2,1H3,(H,11,12)/b3-2+. The van der Waals surface area contributed by atoms with Gasteiger partial charge >= 0.3 is 5.97 Å². The molecule has 12 heavy (non-hydrogen) atoms. The van der Waals surface area contributed by atoms with Crippen LogP contribution in [-0.2, 0) is 4.79 Å². The predicted octanol–water partition coefficient (Wildman–Crippen LogP) is -0.0459. The monoisotopic (exact) mass is 172 g/mol. The zero-order valence-electron chi connectivity index (χ0n) is 7.29. The van der Waals surface area contributed by atoms with Gasteiger partial charge in [-0.15, -0.1) is 0 Å². The summed E-state index contributed by atoms with van der Waals surface area (Å²) in [5.74, 6) is -0.891. The Kier molecular flexibility index (Phi) is 6.32. The van der Waals surface area contributed by atoms with Crippen molar-refractivity contribution >= 4 is 5.97 Å². The highest BCUT2D eigenvalue weighted by Crippen LogP contribution is 1.84. The molecule has 4 nitrogen and oxygen atoms in total. The van der Waals surface area contributed by atoms with E-state index in [0.717, 1.165) is 6.42 Å². The van der Waals surface area contributed by atoms with Gasteiger partial charge in [0.25, 0.3) is 0 Å². The van der Waals surface area contributed by atoms with Crippen LogP contribution in [0.2, 0.25) is 0 Å². The molecule has 0 aromatic heterocycles. The fourth-order valence-corrected chi connectivity index (χ4v) is 0.779. The van der Waals surface area contributed by atoms with Gasteiger partial charge in [-0.05, 0) is 19.9 Å². The number of hydrogen-bond acceptors (Lipinski definition) is 3. The van der Waals surface area contributed by atoms with Crippen LogP contribution >= 0.6 is 0 Å². The number of allylic oxidation sites excluding steroid dienone is 1. The van der Waals surface area contributed by atoms with Gasteiger partial charge in [0.1, 0.15) is 6.04 Å². The molecule has 1 atom stereocenters. The van der Waals surface area contributed by atoms with Crippen molar-refractivity contribution < 1.29 is 9.90 Å². The number of carboxylic acids is 1. The van der Waals surface area contributed by atoms with Crippen molar-refractivity contribution in [3.63, 3.8) is 0 Å². The van der Waals surface area contributed by atoms with Gasteiger partial charge in [-0.1, -0.05) is 12.2 Å². The lowest BCUT2D eigenvalue weighted by molar-refractivity contribution is -0.139. The number of nitrogens with two attached hydrogens (primary N) is 1. The maximum Gasteiger partial charge on any atom is 0.322 e. The van der Waals surface area contributed by atoms with Gasteiger partial charge in [-0.2, -0.15) is 0 Å². The van der Waals surface area contributed by atoms with E-state index in [-0.39, 0.29) is 6.54 Å². The number of carbonyl (C=O) groups is 1. The molecule has 0 aromatic carbocycles. The van der Waals surface area contributed by atoms with E-state index >= 15 is 0 Å². The fourth-order valence-electron chi connectivity index (χ4n) is 0.779. The van der Waals surface area contributed by atoms with Crippen molar-refractivity contribution in [2.45, 2.75) is 19.4 Å². The average molecular weight is 172 g/mol. The lowest BCUT2D eigenvalue weighted by Crippen LogP contribution is -2.42. The Morgan fingerprint density at radius 1 is 1.75 bits per heavy atom. The van der Waals surface area contributed by atoms with Gasteiger partial charge < -0.3 is 16.2 Å². The molecular formula is C8H16N2O2. The van der Waals surface area contributed by atoms with E-state index in [0.29, 0.717) is 6.54 Å². The highest BCUT2D eigenvalue weighted by molar-refractivity contribution is 5.73. The Morgan fingerprint density at radius 3 is 2.83 bits per heavy atom. The molecule has 0 spiro atoms. The lowest BCUT2D eigenvalue weighted by Gasteiger charge is -2.10. The third-order valence-corrected chi connectivity index (χ3v) is 1.47. The molecule has 4 heteroatoms. The predicted molar refractivity (Wildman–Crippen MR) is 47.9 cm³/mol. The number of nitrogens with one attached hydrogen (secondary N) is 1. The molecule has 0 rings (SSSR count). The van der Waals surface area contributed by atoms with E-state index in [4.69, 9.17) is 10.8 Å². The van der Waals surface area contributed by atoms with Crippen LogP contribution in [0.15, 0.2) is 12.2 Å². The molecule has 0 saturated carbocycles. The Hall–Kier alpha value is -0.870. The van der Waals surface area contributed by atoms with Gasteiger partial charge in [-0.25, -0.2) is 0 Å². The average Bonchev–Trinajstić information content (AvgIpc) is 2.04. The fraction of sp³-hybridized carbons (Fsp3) is 0.625. The molecule has 70 valence electrons. The van der Waals surface area contributed by atoms with Crippen LogP contribution in [0.4, 0.5) is 0 Å². The Morgan fingerprint density at radius 2 is 2.42 bits per heavy atom. The van der Waals surface area contributed by atoms with Crippen LogP contribution in [0.3, 0.4) is 0 Å². The first-order valence-electron chi connectivity index (χ1n) is 3.99. The highest BCUT2D eigenvalue weighted by atomic mass is 16.4. The molecule has 0 bridgehead atoms. The van der Waals surface area contributed by atoms with Crippen LogP contribution in [0, 0.1) is 0 Å². The maximum absolute atomic E-state index is 10.4. The van der Waals surface area contributed by atoms with E-state index in [1.54, 1.807) is 0 Å². The Bertz CT molecular complexity index is 157. The molecule has 0 aliphatic heterocycles. The molecule has 0 aliphatic carbocycles. The largest absolute Gasteiger partial charge is 0.480 e. The quantitative estimate of drug-likeness (QED) is 0.388. The summed E-state index contributed by atoms with van der Waals surface area (Å²) >= 11 is 0. The smallest absolute Gasteiger partial charge is 0.322 e. The topological polar surface area (TPSA) is 75.3 Å². The van der Waals surface area contributed by atoms with Crippen LogP contribution in [0.5, 0.6) is 0 Å². The van der Waals surface area contributed by atoms with Crippen molar-refractivity contribution in [2.24, 2.45) is 5.73 Å². The van der Waals surface area contributed by atoms with Crippen LogP contribution in [-0.4, -0.2) is 30.2 Å². The third kappa shape index (κ3) is 4.87. The number of rotatable bonds is 6. The van der Waals surface area contributed by atoms with Gasteiger partial charge in [0.2, 0.25) is 0 Å². The summed E-state index contributed by atoms with van der Waals surface area (Å²) < 4.78 is 0. The summed E-state index contributed by atoms with van der Waals surface area (Å²) in [6.45, 7) is 2.71. The van der Waals surface area contributed by atoms with Crippen LogP contribution in [0.1, 0.15) is 13.3 Å². The third-order valence-electron chi connectivity index (χ3n) is 1.47. The number of hydrogen-bond donors (Lipinski definition) is 3. The van der Waals surface area contributed by atoms with Crippen molar-refractivity contribution in [1.29, 1.82) is 0 Å². The molecule has 1 unspecified atom stereocenters. The minimum Gasteiger partial charge on any atom is -0.480 e. The number of carboxylic acid groups (broad SMARTS) is 1. The van der Waals surface area contributed by atoms with E-state index in [2.05, 4.69) is 5.32 Å². The Labute approximate surface area is 72.4 Å². The first-order valence-corrected chi connectivity index (χ1v) is 3.99. The van der Waals surface area contributed by atoms with E-state index < -0.39 is 12.0 Å². The summed E-state index contributed by atoms with van der Waals surface area (Å²) in [4.78, 5) is 10.4. The van der Waals surface area contributed by atoms with Crippen molar-refractivity contribution in [3.05, 3.63) is 12.2 Å². The van der Waals surface area contributed by atoms with E-state index in [9.17, 15) is 4.79 Å². The normalized spacial score (nSPS) is 13.5. The number of aliphatic carboxylic acids is 1. The summed E-state index contributed by atoms with van der Waals surface area (Å²) in [7, 11) is 0. The zero-order valence-corrected chi connectivity index (χ0v) is 7.29. The molecule has 0 amide bonds. The van der Waals surface area contributed by atoms with E-state index in [1.165, 1.54) is 0 Å². The maximum atomic E-state index is 10.4. The van der Waals surface area contributed by atoms with Gasteiger partial charge in [0.05, 0.1) is 0 Å². The second-order valence-electron chi connectivity index (χ2n) is 2.44. The molecule has 0 fully saturated rings. The molecule has 0 heterocycles. The van der Waals surface area contributed by atoms with Gasteiger partial charge in [0, 0.05) is 6.54 Å². The molecular weight excluding hydrogens is 156 g/mol. The van der Waals surface area contributed by atoms with Crippen LogP contribution in [0.25, 0.3) is 0 Å². The van der Waals surface area contributed by atoms with Crippen LogP contribution < -0.4 is 11.1 Å². The van der Waals surface area contributed by atoms with Gasteiger partial charge in [-0.3, -0.25) is 4.79 Å². The van der Waals surface area contributed by atoms with E-state index in [1.807, 2.05) is 19.1 Å². The molecule has 0 radical (unpaired) electrons. The molecule has 0 saturated heterocycles. The second-order valence-corrected chi connectivity index (χ2v) is 2.44. The first kappa shape index (κ1) is 11.1. The molecule has 4 N–H and O–H groups in total. The highest BCUT2D eigenvalue weighted by Gasteiger charge is 2.12. The summed E-state index contributed by atoms with van der Waals surface area (Å²) in [5, 5.41) is 11.4. The van der Waals surface area contributed by atoms with Crippen molar-refractivity contribution in [2.75, 3.05) is 13.1 Å². The molecule has 0 aromatic rings. The minimum absolute atomic E-state index is 0.130. The second kappa shape index (κ2) is 6.82. The van der Waals surface area contributed by atoms with Crippen molar-refractivity contribution in [3.8, 4) is 0 Å². The minimum atomic E-state index is -0.891. The Balaban J connectivity index is 3.51. The van der Waals surface area contributed by atoms with Crippen molar-refractivity contribution in [1.82, 2.24) is 5.32 Å². The summed E-state index contributed by atoms with van der Waals surface area (Å²) in [5.41, 5.74) is 5.23. The van der Waals surface area contributed by atoms with Gasteiger partial charge in [0.15, 0.2) is 0 Å². The SMILES string of the molecule is C/C=C/CCNC(CN)C(=O)O. The molecule has 0 aliphatic rings. The summed E-state index contributed by atoms with van der Waals surface area (Å²) in [6.07, 6.45) is 4.74. The lowest BCUT2D eigenvalue weighted by atomic mass is 10.3. The first-order chi connectivity index (χ1) is 5.72. The zero-order chi connectivity index (χ0) is 9.40.